The van der Waals surface area contributed by atoms with Gasteiger partial charge >= 0.3 is 5.97 Å². The Morgan fingerprint density at radius 1 is 0.929 bits per heavy atom. The van der Waals surface area contributed by atoms with Crippen LogP contribution in [0, 0.1) is 29.1 Å². The van der Waals surface area contributed by atoms with Crippen LogP contribution in [0.25, 0.3) is 0 Å². The molecule has 5 aliphatic carbocycles. The first kappa shape index (κ1) is 20.7. The van der Waals surface area contributed by atoms with Crippen LogP contribution in [0.2, 0.25) is 0 Å². The number of hydrogen-bond donors (Lipinski definition) is 0. The quantitative estimate of drug-likeness (QED) is 0.434. The van der Waals surface area contributed by atoms with E-state index in [0.29, 0.717) is 17.9 Å². The van der Waals surface area contributed by atoms with Gasteiger partial charge in [0.15, 0.2) is 6.10 Å². The molecule has 4 bridgehead atoms. The van der Waals surface area contributed by atoms with Crippen LogP contribution >= 0.6 is 0 Å². The zero-order chi connectivity index (χ0) is 19.6. The third-order valence-electron chi connectivity index (χ3n) is 8.22. The zero-order valence-electron chi connectivity index (χ0n) is 18.3. The maximum Gasteiger partial charge on any atom is 0.335 e. The van der Waals surface area contributed by atoms with Crippen molar-refractivity contribution in [2.75, 3.05) is 6.61 Å². The lowest BCUT2D eigenvalue weighted by molar-refractivity contribution is -0.165. The molecule has 5 aliphatic rings. The molecule has 28 heavy (non-hydrogen) atoms. The fourth-order valence-electron chi connectivity index (χ4n) is 7.22. The monoisotopic (exact) mass is 390 g/mol. The number of carbonyl (C=O) groups excluding carboxylic acids is 1. The first-order chi connectivity index (χ1) is 13.5. The minimum atomic E-state index is -0.345. The van der Waals surface area contributed by atoms with Gasteiger partial charge in [-0.2, -0.15) is 0 Å². The van der Waals surface area contributed by atoms with Crippen LogP contribution < -0.4 is 0 Å². The number of hydrogen-bond acceptors (Lipinski definition) is 3. The van der Waals surface area contributed by atoms with Gasteiger partial charge in [0, 0.05) is 0 Å². The Hall–Kier alpha value is -0.570. The summed E-state index contributed by atoms with van der Waals surface area (Å²) in [6.45, 7) is 5.04. The first-order valence-corrected chi connectivity index (χ1v) is 12.3. The molecule has 3 nitrogen and oxygen atoms in total. The summed E-state index contributed by atoms with van der Waals surface area (Å²) in [5, 5.41) is 0. The van der Waals surface area contributed by atoms with Crippen molar-refractivity contribution in [1.29, 1.82) is 0 Å². The number of carbonyl (C=O) groups is 1. The second-order valence-electron chi connectivity index (χ2n) is 11.2. The second-order valence-corrected chi connectivity index (χ2v) is 11.2. The van der Waals surface area contributed by atoms with Crippen LogP contribution in [0.4, 0.5) is 0 Å². The van der Waals surface area contributed by atoms with Crippen LogP contribution in [0.5, 0.6) is 0 Å². The molecule has 0 aromatic carbocycles. The third-order valence-corrected chi connectivity index (χ3v) is 8.22. The van der Waals surface area contributed by atoms with Gasteiger partial charge in [0.2, 0.25) is 0 Å². The molecule has 5 saturated carbocycles. The lowest BCUT2D eigenvalue weighted by Gasteiger charge is -2.57. The number of rotatable bonds is 9. The van der Waals surface area contributed by atoms with Crippen LogP contribution in [-0.4, -0.2) is 24.8 Å². The third kappa shape index (κ3) is 5.12. The molecule has 5 rings (SSSR count). The Kier molecular flexibility index (Phi) is 6.70. The molecular formula is C25H42O3. The van der Waals surface area contributed by atoms with Gasteiger partial charge in [-0.25, -0.2) is 4.79 Å². The number of esters is 1. The van der Waals surface area contributed by atoms with Gasteiger partial charge in [0.05, 0.1) is 12.7 Å². The summed E-state index contributed by atoms with van der Waals surface area (Å²) in [6, 6.07) is 0. The normalized spacial score (nSPS) is 36.0. The highest BCUT2D eigenvalue weighted by Crippen LogP contribution is 2.61. The molecule has 0 heterocycles. The molecule has 1 atom stereocenters. The highest BCUT2D eigenvalue weighted by Gasteiger charge is 2.50. The van der Waals surface area contributed by atoms with E-state index in [1.165, 1.54) is 57.8 Å². The molecule has 0 saturated heterocycles. The Bertz CT molecular complexity index is 485. The van der Waals surface area contributed by atoms with E-state index < -0.39 is 0 Å². The van der Waals surface area contributed by atoms with E-state index >= 15 is 0 Å². The maximum absolute atomic E-state index is 12.9. The van der Waals surface area contributed by atoms with E-state index in [-0.39, 0.29) is 18.2 Å². The second kappa shape index (κ2) is 9.06. The standard InChI is InChI=1S/C25H42O3/c1-18(2)8-9-23(28-22-6-4-3-5-7-22)24(26)27-11-10-25-15-19-12-20(16-25)14-21(13-19)17-25/h18-23H,3-17H2,1-2H3. The van der Waals surface area contributed by atoms with Gasteiger partial charge in [-0.15, -0.1) is 0 Å². The molecule has 3 heteroatoms. The van der Waals surface area contributed by atoms with Crippen LogP contribution in [0.15, 0.2) is 0 Å². The highest BCUT2D eigenvalue weighted by atomic mass is 16.6. The van der Waals surface area contributed by atoms with Crippen molar-refractivity contribution in [3.63, 3.8) is 0 Å². The van der Waals surface area contributed by atoms with Crippen molar-refractivity contribution in [2.24, 2.45) is 29.1 Å². The highest BCUT2D eigenvalue weighted by molar-refractivity contribution is 5.74. The summed E-state index contributed by atoms with van der Waals surface area (Å²) in [5.74, 6) is 3.41. The number of ether oxygens (including phenoxy) is 2. The SMILES string of the molecule is CC(C)CCC(OC1CCCCC1)C(=O)OCCC12CC3CC(CC(C3)C1)C2. The largest absolute Gasteiger partial charge is 0.464 e. The average Bonchev–Trinajstić information content (AvgIpc) is 2.64. The van der Waals surface area contributed by atoms with Gasteiger partial charge < -0.3 is 9.47 Å². The summed E-state index contributed by atoms with van der Waals surface area (Å²) in [6.07, 6.45) is 17.5. The summed E-state index contributed by atoms with van der Waals surface area (Å²) < 4.78 is 12.1. The molecule has 160 valence electrons. The molecular weight excluding hydrogens is 348 g/mol. The Balaban J connectivity index is 1.27. The molecule has 1 unspecified atom stereocenters. The summed E-state index contributed by atoms with van der Waals surface area (Å²) in [7, 11) is 0. The molecule has 0 N–H and O–H groups in total. The molecule has 0 amide bonds. The van der Waals surface area contributed by atoms with E-state index in [0.717, 1.165) is 49.9 Å². The van der Waals surface area contributed by atoms with E-state index in [2.05, 4.69) is 13.8 Å². The van der Waals surface area contributed by atoms with E-state index in [1.54, 1.807) is 0 Å². The van der Waals surface area contributed by atoms with Crippen molar-refractivity contribution in [3.8, 4) is 0 Å². The maximum atomic E-state index is 12.9. The Morgan fingerprint density at radius 2 is 1.54 bits per heavy atom. The molecule has 0 spiro atoms. The lowest BCUT2D eigenvalue weighted by atomic mass is 9.49. The van der Waals surface area contributed by atoms with Gasteiger partial charge in [0.25, 0.3) is 0 Å². The van der Waals surface area contributed by atoms with Crippen molar-refractivity contribution in [3.05, 3.63) is 0 Å². The first-order valence-electron chi connectivity index (χ1n) is 12.3. The Morgan fingerprint density at radius 3 is 2.11 bits per heavy atom. The summed E-state index contributed by atoms with van der Waals surface area (Å²) >= 11 is 0. The molecule has 0 aliphatic heterocycles. The van der Waals surface area contributed by atoms with E-state index in [1.807, 2.05) is 0 Å². The summed E-state index contributed by atoms with van der Waals surface area (Å²) in [5.41, 5.74) is 0.493. The van der Waals surface area contributed by atoms with Crippen molar-refractivity contribution >= 4 is 5.97 Å². The predicted octanol–water partition coefficient (Wildman–Crippen LogP) is 6.29. The van der Waals surface area contributed by atoms with Crippen LogP contribution in [0.3, 0.4) is 0 Å². The minimum Gasteiger partial charge on any atom is -0.464 e. The molecule has 0 radical (unpaired) electrons. The van der Waals surface area contributed by atoms with Gasteiger partial charge in [0.1, 0.15) is 0 Å². The van der Waals surface area contributed by atoms with Crippen LogP contribution in [0.1, 0.15) is 104 Å². The smallest absolute Gasteiger partial charge is 0.335 e. The average molecular weight is 391 g/mol. The topological polar surface area (TPSA) is 35.5 Å². The van der Waals surface area contributed by atoms with Crippen molar-refractivity contribution in [2.45, 2.75) is 116 Å². The lowest BCUT2D eigenvalue weighted by Crippen LogP contribution is -2.46. The van der Waals surface area contributed by atoms with E-state index in [4.69, 9.17) is 9.47 Å². The minimum absolute atomic E-state index is 0.0871. The van der Waals surface area contributed by atoms with Crippen LogP contribution in [-0.2, 0) is 14.3 Å². The predicted molar refractivity (Wildman–Crippen MR) is 112 cm³/mol. The fourth-order valence-corrected chi connectivity index (χ4v) is 7.22. The van der Waals surface area contributed by atoms with E-state index in [9.17, 15) is 4.79 Å². The molecule has 5 fully saturated rings. The van der Waals surface area contributed by atoms with Crippen molar-refractivity contribution in [1.82, 2.24) is 0 Å². The van der Waals surface area contributed by atoms with Gasteiger partial charge in [-0.3, -0.25) is 0 Å². The van der Waals surface area contributed by atoms with Gasteiger partial charge in [-0.05, 0) is 99.7 Å². The van der Waals surface area contributed by atoms with Crippen molar-refractivity contribution < 1.29 is 14.3 Å². The molecule has 0 aromatic rings. The molecule has 0 aromatic heterocycles. The fraction of sp³-hybridized carbons (Fsp3) is 0.960. The zero-order valence-corrected chi connectivity index (χ0v) is 18.3. The van der Waals surface area contributed by atoms with Gasteiger partial charge in [-0.1, -0.05) is 33.1 Å². The summed E-state index contributed by atoms with van der Waals surface area (Å²) in [4.78, 5) is 12.9. The Labute approximate surface area is 172 Å².